The third-order valence-corrected chi connectivity index (χ3v) is 5.10. The summed E-state index contributed by atoms with van der Waals surface area (Å²) in [7, 11) is 0. The molecular weight excluding hydrogens is 368 g/mol. The number of rotatable bonds is 6. The van der Waals surface area contributed by atoms with E-state index in [0.717, 1.165) is 11.4 Å². The Morgan fingerprint density at radius 1 is 1.11 bits per heavy atom. The molecule has 0 radical (unpaired) electrons. The van der Waals surface area contributed by atoms with Gasteiger partial charge in [0.25, 0.3) is 0 Å². The zero-order chi connectivity index (χ0) is 18.8. The lowest BCUT2D eigenvalue weighted by Crippen LogP contribution is -2.04. The van der Waals surface area contributed by atoms with Gasteiger partial charge in [-0.15, -0.1) is 10.2 Å². The maximum absolute atomic E-state index is 11.1. The normalized spacial score (nSPS) is 11.1. The summed E-state index contributed by atoms with van der Waals surface area (Å²) >= 11 is 1.33. The van der Waals surface area contributed by atoms with Gasteiger partial charge >= 0.3 is 5.69 Å². The number of fused-ring (bicyclic) bond motifs is 1. The summed E-state index contributed by atoms with van der Waals surface area (Å²) in [5.41, 5.74) is 1.47. The maximum atomic E-state index is 11.1. The zero-order valence-electron chi connectivity index (χ0n) is 14.3. The largest absolute Gasteiger partial charge is 0.306 e. The van der Waals surface area contributed by atoms with Gasteiger partial charge in [0.15, 0.2) is 10.7 Å². The number of hydrogen-bond donors (Lipinski definition) is 0. The Morgan fingerprint density at radius 3 is 2.63 bits per heavy atom. The maximum Gasteiger partial charge on any atom is 0.300 e. The van der Waals surface area contributed by atoms with E-state index in [1.807, 2.05) is 41.8 Å². The first-order valence-electron chi connectivity index (χ1n) is 8.21. The third-order valence-electron chi connectivity index (χ3n) is 4.07. The summed E-state index contributed by atoms with van der Waals surface area (Å²) in [6.45, 7) is 2.72. The molecule has 0 fully saturated rings. The molecule has 0 amide bonds. The van der Waals surface area contributed by atoms with Crippen molar-refractivity contribution in [3.05, 3.63) is 64.0 Å². The van der Waals surface area contributed by atoms with Gasteiger partial charge in [-0.3, -0.25) is 10.1 Å². The molecule has 0 unspecified atom stereocenters. The minimum atomic E-state index is -0.506. The van der Waals surface area contributed by atoms with Crippen molar-refractivity contribution < 1.29 is 9.55 Å². The highest BCUT2D eigenvalue weighted by molar-refractivity contribution is 7.99. The van der Waals surface area contributed by atoms with Gasteiger partial charge in [0, 0.05) is 23.9 Å². The Labute approximate surface area is 157 Å². The number of nitro groups is 1. The van der Waals surface area contributed by atoms with Crippen molar-refractivity contribution in [1.82, 2.24) is 25.1 Å². The van der Waals surface area contributed by atoms with Gasteiger partial charge in [-0.2, -0.15) is 0 Å². The monoisotopic (exact) mass is 382 g/mol. The number of nitrogens with zero attached hydrogens (tertiary/aromatic N) is 6. The first-order valence-corrected chi connectivity index (χ1v) is 9.02. The zero-order valence-corrected chi connectivity index (χ0v) is 15.1. The minimum absolute atomic E-state index is 0.122. The molecule has 0 atom stereocenters. The lowest BCUT2D eigenvalue weighted by molar-refractivity contribution is -0.383. The van der Waals surface area contributed by atoms with E-state index in [0.29, 0.717) is 28.5 Å². The highest BCUT2D eigenvalue weighted by atomic mass is 32.2. The number of nitro benzene ring substituents is 1. The molecule has 136 valence electrons. The van der Waals surface area contributed by atoms with Crippen molar-refractivity contribution in [1.29, 1.82) is 0 Å². The molecular formula is C17H14N6O3S. The van der Waals surface area contributed by atoms with Gasteiger partial charge in [-0.1, -0.05) is 30.3 Å². The molecule has 9 nitrogen and oxygen atoms in total. The summed E-state index contributed by atoms with van der Waals surface area (Å²) < 4.78 is 6.73. The van der Waals surface area contributed by atoms with Gasteiger partial charge in [0.2, 0.25) is 5.52 Å². The van der Waals surface area contributed by atoms with E-state index in [1.165, 1.54) is 17.8 Å². The average Bonchev–Trinajstić information content (AvgIpc) is 3.30. The average molecular weight is 382 g/mol. The fourth-order valence-electron chi connectivity index (χ4n) is 2.78. The molecule has 4 rings (SSSR count). The van der Waals surface area contributed by atoms with Crippen LogP contribution in [0.25, 0.3) is 11.0 Å². The van der Waals surface area contributed by atoms with Crippen molar-refractivity contribution in [2.24, 2.45) is 0 Å². The van der Waals surface area contributed by atoms with Crippen molar-refractivity contribution in [2.45, 2.75) is 29.9 Å². The first kappa shape index (κ1) is 17.2. The summed E-state index contributed by atoms with van der Waals surface area (Å²) in [6, 6.07) is 13.1. The molecule has 0 aliphatic rings. The predicted octanol–water partition coefficient (Wildman–Crippen LogP) is 3.48. The van der Waals surface area contributed by atoms with E-state index < -0.39 is 4.92 Å². The first-order chi connectivity index (χ1) is 13.2. The quantitative estimate of drug-likeness (QED) is 0.368. The van der Waals surface area contributed by atoms with E-state index in [2.05, 4.69) is 20.5 Å². The Kier molecular flexibility index (Phi) is 4.55. The molecule has 27 heavy (non-hydrogen) atoms. The SMILES string of the molecule is CCn1c(Cc2ccccc2)nnc1Sc1ccc([N+](=O)[O-])c2nonc12. The van der Waals surface area contributed by atoms with Gasteiger partial charge in [0.05, 0.1) is 4.92 Å². The van der Waals surface area contributed by atoms with Crippen molar-refractivity contribution in [2.75, 3.05) is 0 Å². The second-order valence-electron chi connectivity index (χ2n) is 5.71. The molecule has 0 saturated heterocycles. The second kappa shape index (κ2) is 7.16. The molecule has 2 aromatic heterocycles. The molecule has 10 heteroatoms. The summed E-state index contributed by atoms with van der Waals surface area (Å²) in [6.07, 6.45) is 0.670. The molecule has 2 aromatic carbocycles. The Bertz CT molecular complexity index is 1110. The summed E-state index contributed by atoms with van der Waals surface area (Å²) in [5.74, 6) is 0.850. The minimum Gasteiger partial charge on any atom is -0.306 e. The Balaban J connectivity index is 1.68. The third kappa shape index (κ3) is 3.26. The molecule has 0 bridgehead atoms. The standard InChI is InChI=1S/C17H14N6O3S/c1-2-22-14(10-11-6-4-3-5-7-11)18-19-17(22)27-13-9-8-12(23(24)25)15-16(13)21-26-20-15/h3-9H,2,10H2,1H3. The van der Waals surface area contributed by atoms with Crippen molar-refractivity contribution in [3.8, 4) is 0 Å². The number of benzene rings is 2. The Morgan fingerprint density at radius 2 is 1.89 bits per heavy atom. The predicted molar refractivity (Wildman–Crippen MR) is 97.5 cm³/mol. The molecule has 0 spiro atoms. The van der Waals surface area contributed by atoms with E-state index >= 15 is 0 Å². The fourth-order valence-corrected chi connectivity index (χ4v) is 3.77. The molecule has 0 aliphatic heterocycles. The smallest absolute Gasteiger partial charge is 0.300 e. The molecule has 0 saturated carbocycles. The van der Waals surface area contributed by atoms with Crippen LogP contribution in [0.5, 0.6) is 0 Å². The van der Waals surface area contributed by atoms with Gasteiger partial charge in [-0.05, 0) is 40.6 Å². The number of hydrogen-bond acceptors (Lipinski definition) is 8. The van der Waals surface area contributed by atoms with Crippen LogP contribution in [0.2, 0.25) is 0 Å². The van der Waals surface area contributed by atoms with Gasteiger partial charge in [0.1, 0.15) is 5.82 Å². The highest BCUT2D eigenvalue weighted by Crippen LogP contribution is 2.35. The van der Waals surface area contributed by atoms with E-state index in [1.54, 1.807) is 6.07 Å². The molecule has 2 heterocycles. The van der Waals surface area contributed by atoms with E-state index in [9.17, 15) is 10.1 Å². The van der Waals surface area contributed by atoms with Crippen LogP contribution in [-0.2, 0) is 13.0 Å². The number of aromatic nitrogens is 5. The van der Waals surface area contributed by atoms with Crippen LogP contribution in [0.3, 0.4) is 0 Å². The van der Waals surface area contributed by atoms with Gasteiger partial charge in [-0.25, -0.2) is 4.63 Å². The lowest BCUT2D eigenvalue weighted by Gasteiger charge is -2.07. The van der Waals surface area contributed by atoms with Gasteiger partial charge < -0.3 is 4.57 Å². The van der Waals surface area contributed by atoms with Crippen LogP contribution in [-0.4, -0.2) is 30.0 Å². The van der Waals surface area contributed by atoms with Crippen LogP contribution in [0, 0.1) is 10.1 Å². The van der Waals surface area contributed by atoms with Crippen LogP contribution >= 0.6 is 11.8 Å². The van der Waals surface area contributed by atoms with Crippen LogP contribution in [0.4, 0.5) is 5.69 Å². The van der Waals surface area contributed by atoms with Crippen molar-refractivity contribution >= 4 is 28.5 Å². The topological polar surface area (TPSA) is 113 Å². The molecule has 0 N–H and O–H groups in total. The summed E-state index contributed by atoms with van der Waals surface area (Å²) in [4.78, 5) is 11.3. The lowest BCUT2D eigenvalue weighted by atomic mass is 10.1. The molecule has 4 aromatic rings. The Hall–Kier alpha value is -3.27. The van der Waals surface area contributed by atoms with E-state index in [-0.39, 0.29) is 11.2 Å². The number of non-ortho nitro benzene ring substituents is 1. The van der Waals surface area contributed by atoms with Crippen LogP contribution in [0.1, 0.15) is 18.3 Å². The van der Waals surface area contributed by atoms with Crippen molar-refractivity contribution in [3.63, 3.8) is 0 Å². The highest BCUT2D eigenvalue weighted by Gasteiger charge is 2.22. The van der Waals surface area contributed by atoms with Crippen LogP contribution < -0.4 is 0 Å². The second-order valence-corrected chi connectivity index (χ2v) is 6.72. The van der Waals surface area contributed by atoms with Crippen LogP contribution in [0.15, 0.2) is 57.1 Å². The molecule has 0 aliphatic carbocycles. The summed E-state index contributed by atoms with van der Waals surface area (Å²) in [5, 5.41) is 27.9. The fraction of sp³-hybridized carbons (Fsp3) is 0.176. The van der Waals surface area contributed by atoms with E-state index in [4.69, 9.17) is 4.63 Å².